The van der Waals surface area contributed by atoms with Crippen molar-refractivity contribution in [1.29, 1.82) is 0 Å². The van der Waals surface area contributed by atoms with Gasteiger partial charge in [-0.25, -0.2) is 0 Å². The van der Waals surface area contributed by atoms with E-state index in [1.54, 1.807) is 5.57 Å². The van der Waals surface area contributed by atoms with Crippen molar-refractivity contribution in [2.75, 3.05) is 0 Å². The quantitative estimate of drug-likeness (QED) is 0.351. The molecule has 0 spiro atoms. The predicted molar refractivity (Wildman–Crippen MR) is 100 cm³/mol. The van der Waals surface area contributed by atoms with E-state index in [2.05, 4.69) is 19.9 Å². The van der Waals surface area contributed by atoms with Crippen LogP contribution >= 0.6 is 23.8 Å². The van der Waals surface area contributed by atoms with Crippen LogP contribution in [0, 0.1) is 28.6 Å². The van der Waals surface area contributed by atoms with Gasteiger partial charge in [-0.3, -0.25) is 4.79 Å². The third-order valence-corrected chi connectivity index (χ3v) is 8.21. The Labute approximate surface area is 155 Å². The molecule has 0 aliphatic heterocycles. The van der Waals surface area contributed by atoms with Crippen molar-refractivity contribution in [3.05, 3.63) is 11.6 Å². The number of fused-ring (bicyclic) bond motifs is 5. The number of carbonyl (C=O) groups is 1. The number of thiocarbonyl (C=S) groups is 1. The van der Waals surface area contributed by atoms with Crippen molar-refractivity contribution in [3.63, 3.8) is 0 Å². The Morgan fingerprint density at radius 2 is 1.92 bits per heavy atom. The normalized spacial score (nSPS) is 47.3. The lowest BCUT2D eigenvalue weighted by Crippen LogP contribution is -2.50. The van der Waals surface area contributed by atoms with E-state index in [1.165, 1.54) is 6.42 Å². The lowest BCUT2D eigenvalue weighted by Gasteiger charge is -2.56. The third-order valence-electron chi connectivity index (χ3n) is 8.03. The number of ketones is 1. The zero-order valence-corrected chi connectivity index (χ0v) is 16.2. The van der Waals surface area contributed by atoms with E-state index in [9.17, 15) is 4.79 Å². The van der Waals surface area contributed by atoms with Gasteiger partial charge in [0.1, 0.15) is 11.9 Å². The number of ether oxygens (including phenoxy) is 1. The minimum atomic E-state index is -0.0337. The Balaban J connectivity index is 1.60. The second kappa shape index (κ2) is 5.81. The maximum absolute atomic E-state index is 12.5. The largest absolute Gasteiger partial charge is 0.471 e. The average molecular weight is 367 g/mol. The molecule has 6 atom stereocenters. The molecule has 0 aromatic heterocycles. The van der Waals surface area contributed by atoms with Crippen molar-refractivity contribution in [1.82, 2.24) is 0 Å². The minimum absolute atomic E-state index is 0.0337. The van der Waals surface area contributed by atoms with E-state index in [0.29, 0.717) is 17.6 Å². The molecule has 132 valence electrons. The molecule has 3 fully saturated rings. The zero-order valence-electron chi connectivity index (χ0n) is 14.6. The molecule has 4 aliphatic rings. The number of rotatable bonds is 1. The van der Waals surface area contributed by atoms with Crippen molar-refractivity contribution >= 4 is 34.1 Å². The van der Waals surface area contributed by atoms with E-state index in [1.807, 2.05) is 0 Å². The van der Waals surface area contributed by atoms with Crippen molar-refractivity contribution in [2.24, 2.45) is 28.6 Å². The molecule has 0 bridgehead atoms. The Morgan fingerprint density at radius 1 is 1.21 bits per heavy atom. The minimum Gasteiger partial charge on any atom is -0.471 e. The molecular weight excluding hydrogens is 340 g/mol. The summed E-state index contributed by atoms with van der Waals surface area (Å²) in [6.45, 7) is 4.71. The summed E-state index contributed by atoms with van der Waals surface area (Å²) < 4.78 is 5.78. The van der Waals surface area contributed by atoms with Gasteiger partial charge in [-0.05, 0) is 85.5 Å². The smallest absolute Gasteiger partial charge is 0.255 e. The summed E-state index contributed by atoms with van der Waals surface area (Å²) in [7, 11) is 0. The molecule has 0 aromatic carbocycles. The topological polar surface area (TPSA) is 26.3 Å². The molecule has 0 amide bonds. The SMILES string of the molecule is C[C@]12CCC(OC(=S)Cl)CC1=CC[C@@H]1[C@@H]2CC[C@]2(C)C(=O)CC[C@@H]12. The third kappa shape index (κ3) is 2.41. The van der Waals surface area contributed by atoms with Crippen molar-refractivity contribution < 1.29 is 9.53 Å². The van der Waals surface area contributed by atoms with Crippen LogP contribution in [0.15, 0.2) is 11.6 Å². The van der Waals surface area contributed by atoms with Crippen LogP contribution < -0.4 is 0 Å². The average Bonchev–Trinajstić information content (AvgIpc) is 2.83. The Hall–Kier alpha value is -0.410. The molecule has 3 saturated carbocycles. The van der Waals surface area contributed by atoms with Crippen LogP contribution in [0.1, 0.15) is 65.2 Å². The summed E-state index contributed by atoms with van der Waals surface area (Å²) >= 11 is 10.7. The second-order valence-electron chi connectivity index (χ2n) is 8.90. The highest BCUT2D eigenvalue weighted by Crippen LogP contribution is 2.64. The molecule has 0 aromatic rings. The van der Waals surface area contributed by atoms with Gasteiger partial charge >= 0.3 is 0 Å². The molecule has 0 N–H and O–H groups in total. The lowest BCUT2D eigenvalue weighted by molar-refractivity contribution is -0.131. The Kier molecular flexibility index (Phi) is 4.12. The van der Waals surface area contributed by atoms with Crippen LogP contribution in [0.5, 0.6) is 0 Å². The van der Waals surface area contributed by atoms with Gasteiger partial charge in [-0.2, -0.15) is 0 Å². The molecule has 0 radical (unpaired) electrons. The van der Waals surface area contributed by atoms with Crippen LogP contribution in [0.2, 0.25) is 0 Å². The maximum atomic E-state index is 12.5. The van der Waals surface area contributed by atoms with Crippen molar-refractivity contribution in [3.8, 4) is 0 Å². The Morgan fingerprint density at radius 3 is 2.67 bits per heavy atom. The van der Waals surface area contributed by atoms with Gasteiger partial charge in [-0.15, -0.1) is 0 Å². The Bertz CT molecular complexity index is 615. The highest BCUT2D eigenvalue weighted by molar-refractivity contribution is 7.82. The molecular formula is C20H27ClO2S. The second-order valence-corrected chi connectivity index (χ2v) is 9.84. The number of Topliss-reactive ketones (excluding diaryl/α,β-unsaturated/α-hetero) is 1. The zero-order chi connectivity index (χ0) is 17.1. The molecule has 24 heavy (non-hydrogen) atoms. The first-order chi connectivity index (χ1) is 11.3. The predicted octanol–water partition coefficient (Wildman–Crippen LogP) is 5.43. The summed E-state index contributed by atoms with van der Waals surface area (Å²) in [5.74, 6) is 2.54. The van der Waals surface area contributed by atoms with E-state index in [-0.39, 0.29) is 21.4 Å². The lowest BCUT2D eigenvalue weighted by atomic mass is 9.48. The molecule has 4 aliphatic carbocycles. The first-order valence-corrected chi connectivity index (χ1v) is 10.2. The number of hydrogen-bond donors (Lipinski definition) is 0. The highest BCUT2D eigenvalue weighted by atomic mass is 35.5. The molecule has 4 rings (SSSR count). The summed E-state index contributed by atoms with van der Waals surface area (Å²) in [4.78, 5) is 12.5. The van der Waals surface area contributed by atoms with Crippen LogP contribution in [0.3, 0.4) is 0 Å². The fraction of sp³-hybridized carbons (Fsp3) is 0.800. The summed E-state index contributed by atoms with van der Waals surface area (Å²) in [6.07, 6.45) is 11.1. The van der Waals surface area contributed by atoms with E-state index >= 15 is 0 Å². The maximum Gasteiger partial charge on any atom is 0.255 e. The number of allylic oxidation sites excluding steroid dienone is 1. The van der Waals surface area contributed by atoms with Gasteiger partial charge in [0.05, 0.1) is 0 Å². The molecule has 0 heterocycles. The van der Waals surface area contributed by atoms with E-state index < -0.39 is 0 Å². The van der Waals surface area contributed by atoms with Gasteiger partial charge in [0.15, 0.2) is 0 Å². The fourth-order valence-electron chi connectivity index (χ4n) is 6.63. The van der Waals surface area contributed by atoms with Gasteiger partial charge in [0.25, 0.3) is 4.51 Å². The monoisotopic (exact) mass is 366 g/mol. The van der Waals surface area contributed by atoms with Gasteiger partial charge < -0.3 is 4.74 Å². The first kappa shape index (κ1) is 17.0. The molecule has 0 saturated heterocycles. The van der Waals surface area contributed by atoms with E-state index in [4.69, 9.17) is 28.6 Å². The molecule has 1 unspecified atom stereocenters. The van der Waals surface area contributed by atoms with Crippen LogP contribution in [0.25, 0.3) is 0 Å². The number of halogens is 1. The molecule has 4 heteroatoms. The summed E-state index contributed by atoms with van der Waals surface area (Å²) in [6, 6.07) is 0. The van der Waals surface area contributed by atoms with Gasteiger partial charge in [-0.1, -0.05) is 25.5 Å². The van der Waals surface area contributed by atoms with E-state index in [0.717, 1.165) is 50.9 Å². The number of carbonyl (C=O) groups excluding carboxylic acids is 1. The standard InChI is InChI=1S/C20H27ClO2S/c1-19-9-7-13(23-18(21)24)11-12(19)3-4-14-15-5-6-17(22)20(15,2)10-8-16(14)19/h3,13-16H,4-11H2,1-2H3/t13?,14-,15-,16-,19-,20-/m0/s1. The van der Waals surface area contributed by atoms with Crippen LogP contribution in [-0.2, 0) is 9.53 Å². The molecule has 2 nitrogen and oxygen atoms in total. The summed E-state index contributed by atoms with van der Waals surface area (Å²) in [5.41, 5.74) is 1.80. The van der Waals surface area contributed by atoms with Crippen molar-refractivity contribution in [2.45, 2.75) is 71.3 Å². The highest BCUT2D eigenvalue weighted by Gasteiger charge is 2.58. The van der Waals surface area contributed by atoms with Gasteiger partial charge in [0, 0.05) is 18.3 Å². The van der Waals surface area contributed by atoms with Crippen LogP contribution in [0.4, 0.5) is 0 Å². The fourth-order valence-corrected chi connectivity index (χ4v) is 6.89. The first-order valence-electron chi connectivity index (χ1n) is 9.43. The van der Waals surface area contributed by atoms with Gasteiger partial charge in [0.2, 0.25) is 0 Å². The summed E-state index contributed by atoms with van der Waals surface area (Å²) in [5, 5.41) is 0. The van der Waals surface area contributed by atoms with Crippen LogP contribution in [-0.4, -0.2) is 16.4 Å². The number of hydrogen-bond acceptors (Lipinski definition) is 3.